The molecule has 34 heavy (non-hydrogen) atoms. The van der Waals surface area contributed by atoms with Gasteiger partial charge in [-0.25, -0.2) is 0 Å². The third kappa shape index (κ3) is 2.94. The van der Waals surface area contributed by atoms with Crippen molar-refractivity contribution in [2.75, 3.05) is 26.5 Å². The zero-order valence-corrected chi connectivity index (χ0v) is 18.7. The first-order valence-corrected chi connectivity index (χ1v) is 11.9. The van der Waals surface area contributed by atoms with Crippen LogP contribution in [0.15, 0.2) is 42.5 Å². The first kappa shape index (κ1) is 19.9. The van der Waals surface area contributed by atoms with E-state index in [1.54, 1.807) is 9.80 Å². The number of carbonyl (C=O) groups is 2. The maximum atomic E-state index is 13.7. The summed E-state index contributed by atoms with van der Waals surface area (Å²) in [4.78, 5) is 34.4. The van der Waals surface area contributed by atoms with Crippen LogP contribution in [0.1, 0.15) is 35.7 Å². The lowest BCUT2D eigenvalue weighted by molar-refractivity contribution is -0.159. The van der Waals surface area contributed by atoms with E-state index < -0.39 is 12.1 Å². The number of para-hydroxylation sites is 1. The van der Waals surface area contributed by atoms with Crippen molar-refractivity contribution < 1.29 is 23.8 Å². The molecule has 0 aliphatic carbocycles. The minimum Gasteiger partial charge on any atom is -0.454 e. The van der Waals surface area contributed by atoms with Gasteiger partial charge in [0, 0.05) is 36.2 Å². The van der Waals surface area contributed by atoms with Crippen molar-refractivity contribution in [1.82, 2.24) is 14.8 Å². The molecule has 174 valence electrons. The Labute approximate surface area is 196 Å². The third-order valence-electron chi connectivity index (χ3n) is 7.50. The maximum Gasteiger partial charge on any atom is 0.246 e. The summed E-state index contributed by atoms with van der Waals surface area (Å²) in [7, 11) is 0. The van der Waals surface area contributed by atoms with Gasteiger partial charge in [-0.15, -0.1) is 0 Å². The normalized spacial score (nSPS) is 25.7. The van der Waals surface area contributed by atoms with E-state index in [4.69, 9.17) is 14.2 Å². The van der Waals surface area contributed by atoms with E-state index in [1.807, 2.05) is 36.4 Å². The van der Waals surface area contributed by atoms with Crippen molar-refractivity contribution in [3.05, 3.63) is 59.3 Å². The Morgan fingerprint density at radius 2 is 1.94 bits per heavy atom. The smallest absolute Gasteiger partial charge is 0.246 e. The molecule has 1 N–H and O–H groups in total. The summed E-state index contributed by atoms with van der Waals surface area (Å²) >= 11 is 0. The highest BCUT2D eigenvalue weighted by molar-refractivity contribution is 5.97. The van der Waals surface area contributed by atoms with Gasteiger partial charge in [0.1, 0.15) is 6.04 Å². The van der Waals surface area contributed by atoms with Gasteiger partial charge in [-0.05, 0) is 42.2 Å². The standard InChI is InChI=1S/C26H25N3O5/c30-23-13-28(12-16-4-3-9-32-16)26(31)20-11-18-17-5-1-2-6-19(17)27-24(18)25(29(20)23)15-7-8-21-22(10-15)34-14-33-21/h1-2,5-8,10,16,20,25,27H,3-4,9,11-14H2/t16?,20-,25-/m1/s1. The average molecular weight is 460 g/mol. The fourth-order valence-electron chi connectivity index (χ4n) is 5.94. The number of fused-ring (bicyclic) bond motifs is 5. The largest absolute Gasteiger partial charge is 0.454 e. The van der Waals surface area contributed by atoms with Gasteiger partial charge in [-0.2, -0.15) is 0 Å². The summed E-state index contributed by atoms with van der Waals surface area (Å²) in [6.07, 6.45) is 2.44. The number of rotatable bonds is 3. The molecular formula is C26H25N3O5. The van der Waals surface area contributed by atoms with E-state index in [2.05, 4.69) is 11.1 Å². The second kappa shape index (κ2) is 7.50. The van der Waals surface area contributed by atoms with Gasteiger partial charge in [0.25, 0.3) is 0 Å². The zero-order chi connectivity index (χ0) is 22.8. The van der Waals surface area contributed by atoms with Crippen LogP contribution < -0.4 is 9.47 Å². The van der Waals surface area contributed by atoms with Gasteiger partial charge >= 0.3 is 0 Å². The molecule has 4 aliphatic rings. The lowest BCUT2D eigenvalue weighted by Gasteiger charge is -2.47. The molecule has 0 spiro atoms. The van der Waals surface area contributed by atoms with E-state index in [9.17, 15) is 9.59 Å². The lowest BCUT2D eigenvalue weighted by atomic mass is 9.86. The Morgan fingerprint density at radius 1 is 1.06 bits per heavy atom. The summed E-state index contributed by atoms with van der Waals surface area (Å²) in [5.74, 6) is 1.30. The number of hydrogen-bond acceptors (Lipinski definition) is 5. The molecule has 2 aromatic carbocycles. The van der Waals surface area contributed by atoms with Crippen LogP contribution in [0.4, 0.5) is 0 Å². The fraction of sp³-hybridized carbons (Fsp3) is 0.385. The highest BCUT2D eigenvalue weighted by Gasteiger charge is 2.48. The molecule has 3 aromatic rings. The minimum absolute atomic E-state index is 0.00299. The number of H-pyrrole nitrogens is 1. The van der Waals surface area contributed by atoms with E-state index in [0.29, 0.717) is 24.5 Å². The Balaban J connectivity index is 1.34. The van der Waals surface area contributed by atoms with Crippen LogP contribution in [-0.4, -0.2) is 65.2 Å². The molecule has 7 rings (SSSR count). The molecule has 8 nitrogen and oxygen atoms in total. The molecule has 3 atom stereocenters. The topological polar surface area (TPSA) is 84.1 Å². The number of ether oxygens (including phenoxy) is 3. The first-order valence-electron chi connectivity index (χ1n) is 11.9. The number of aromatic nitrogens is 1. The highest BCUT2D eigenvalue weighted by atomic mass is 16.7. The molecule has 1 unspecified atom stereocenters. The van der Waals surface area contributed by atoms with Gasteiger partial charge in [-0.3, -0.25) is 9.59 Å². The van der Waals surface area contributed by atoms with Crippen molar-refractivity contribution in [2.45, 2.75) is 37.5 Å². The molecule has 1 aromatic heterocycles. The summed E-state index contributed by atoms with van der Waals surface area (Å²) in [5, 5.41) is 1.10. The van der Waals surface area contributed by atoms with Crippen molar-refractivity contribution >= 4 is 22.7 Å². The Kier molecular flexibility index (Phi) is 4.39. The number of nitrogens with zero attached hydrogens (tertiary/aromatic N) is 2. The lowest BCUT2D eigenvalue weighted by Crippen LogP contribution is -2.63. The number of carbonyl (C=O) groups excluding carboxylic acids is 2. The van der Waals surface area contributed by atoms with Crippen molar-refractivity contribution in [1.29, 1.82) is 0 Å². The molecular weight excluding hydrogens is 434 g/mol. The van der Waals surface area contributed by atoms with Gasteiger partial charge in [0.2, 0.25) is 18.6 Å². The highest BCUT2D eigenvalue weighted by Crippen LogP contribution is 2.45. The first-order chi connectivity index (χ1) is 16.7. The summed E-state index contributed by atoms with van der Waals surface area (Å²) in [5.41, 5.74) is 3.97. The van der Waals surface area contributed by atoms with Gasteiger partial charge in [-0.1, -0.05) is 24.3 Å². The second-order valence-electron chi connectivity index (χ2n) is 9.45. The predicted octanol–water partition coefficient (Wildman–Crippen LogP) is 2.76. The van der Waals surface area contributed by atoms with E-state index in [-0.39, 0.29) is 31.3 Å². The second-order valence-corrected chi connectivity index (χ2v) is 9.45. The van der Waals surface area contributed by atoms with Crippen LogP contribution in [0.3, 0.4) is 0 Å². The van der Waals surface area contributed by atoms with Crippen LogP contribution in [-0.2, 0) is 20.7 Å². The predicted molar refractivity (Wildman–Crippen MR) is 123 cm³/mol. The molecule has 5 heterocycles. The van der Waals surface area contributed by atoms with Crippen molar-refractivity contribution in [3.63, 3.8) is 0 Å². The van der Waals surface area contributed by atoms with Crippen molar-refractivity contribution in [2.24, 2.45) is 0 Å². The number of amides is 2. The number of hydrogen-bond donors (Lipinski definition) is 1. The van der Waals surface area contributed by atoms with Gasteiger partial charge in [0.05, 0.1) is 18.7 Å². The SMILES string of the molecule is O=C1[C@H]2Cc3c([nH]c4ccccc34)[C@@H](c3ccc4c(c3)OCO4)N2C(=O)CN1CC1CCCO1. The van der Waals surface area contributed by atoms with Crippen LogP contribution in [0.5, 0.6) is 11.5 Å². The number of benzene rings is 2. The zero-order valence-electron chi connectivity index (χ0n) is 18.7. The average Bonchev–Trinajstić information content (AvgIpc) is 3.60. The van der Waals surface area contributed by atoms with Crippen LogP contribution in [0.2, 0.25) is 0 Å². The monoisotopic (exact) mass is 459 g/mol. The van der Waals surface area contributed by atoms with Crippen LogP contribution >= 0.6 is 0 Å². The molecule has 2 amide bonds. The summed E-state index contributed by atoms with van der Waals surface area (Å²) in [6, 6.07) is 12.9. The Hall–Kier alpha value is -3.52. The number of nitrogens with one attached hydrogen (secondary N) is 1. The van der Waals surface area contributed by atoms with Gasteiger partial charge in [0.15, 0.2) is 11.5 Å². The third-order valence-corrected chi connectivity index (χ3v) is 7.50. The molecule has 8 heteroatoms. The Bertz CT molecular complexity index is 1310. The van der Waals surface area contributed by atoms with Crippen molar-refractivity contribution in [3.8, 4) is 11.5 Å². The maximum absolute atomic E-state index is 13.7. The fourth-order valence-corrected chi connectivity index (χ4v) is 5.94. The molecule has 0 saturated carbocycles. The van der Waals surface area contributed by atoms with E-state index >= 15 is 0 Å². The quantitative estimate of drug-likeness (QED) is 0.651. The number of aromatic amines is 1. The van der Waals surface area contributed by atoms with Gasteiger partial charge < -0.3 is 29.0 Å². The number of piperazine rings is 1. The van der Waals surface area contributed by atoms with Crippen LogP contribution in [0.25, 0.3) is 10.9 Å². The Morgan fingerprint density at radius 3 is 2.82 bits per heavy atom. The molecule has 2 fully saturated rings. The summed E-state index contributed by atoms with van der Waals surface area (Å²) in [6.45, 7) is 1.46. The molecule has 2 saturated heterocycles. The van der Waals surface area contributed by atoms with Crippen LogP contribution in [0, 0.1) is 0 Å². The minimum atomic E-state index is -0.551. The molecule has 0 bridgehead atoms. The van der Waals surface area contributed by atoms with E-state index in [0.717, 1.165) is 47.2 Å². The molecule has 4 aliphatic heterocycles. The molecule has 0 radical (unpaired) electrons. The summed E-state index contributed by atoms with van der Waals surface area (Å²) < 4.78 is 16.9. The van der Waals surface area contributed by atoms with E-state index in [1.165, 1.54) is 0 Å².